The molecule has 0 radical (unpaired) electrons. The first-order chi connectivity index (χ1) is 7.59. The second kappa shape index (κ2) is 6.63. The summed E-state index contributed by atoms with van der Waals surface area (Å²) in [6.07, 6.45) is 3.37. The summed E-state index contributed by atoms with van der Waals surface area (Å²) in [6.45, 7) is 1.88. The lowest BCUT2D eigenvalue weighted by Crippen LogP contribution is -2.23. The number of hydrogen-bond donors (Lipinski definition) is 1. The average Bonchev–Trinajstić information content (AvgIpc) is 2.23. The second-order valence-corrected chi connectivity index (χ2v) is 4.42. The van der Waals surface area contributed by atoms with E-state index >= 15 is 0 Å². The zero-order chi connectivity index (χ0) is 12.0. The number of cyclic esters (lactones) is 1. The molecule has 0 saturated carbocycles. The third kappa shape index (κ3) is 4.75. The Morgan fingerprint density at radius 2 is 1.81 bits per heavy atom. The maximum absolute atomic E-state index is 11.4. The molecule has 0 aliphatic carbocycles. The highest BCUT2D eigenvalue weighted by Gasteiger charge is 2.18. The summed E-state index contributed by atoms with van der Waals surface area (Å²) in [5.41, 5.74) is 0. The van der Waals surface area contributed by atoms with Crippen molar-refractivity contribution in [2.24, 2.45) is 0 Å². The van der Waals surface area contributed by atoms with Gasteiger partial charge in [0.2, 0.25) is 0 Å². The molecule has 0 aromatic heterocycles. The van der Waals surface area contributed by atoms with Gasteiger partial charge in [-0.2, -0.15) is 0 Å². The van der Waals surface area contributed by atoms with Gasteiger partial charge in [-0.15, -0.1) is 0 Å². The Hall–Kier alpha value is -0.900. The first kappa shape index (κ1) is 13.2. The van der Waals surface area contributed by atoms with Crippen LogP contribution in [0.4, 0.5) is 0 Å². The van der Waals surface area contributed by atoms with Crippen molar-refractivity contribution in [2.45, 2.75) is 64.1 Å². The molecule has 1 unspecified atom stereocenters. The van der Waals surface area contributed by atoms with Crippen molar-refractivity contribution in [3.05, 3.63) is 0 Å². The van der Waals surface area contributed by atoms with E-state index in [9.17, 15) is 14.7 Å². The Labute approximate surface area is 96.0 Å². The molecular weight excluding hydrogens is 208 g/mol. The lowest BCUT2D eigenvalue weighted by atomic mass is 10.0. The van der Waals surface area contributed by atoms with Crippen LogP contribution in [0.15, 0.2) is 0 Å². The van der Waals surface area contributed by atoms with E-state index in [1.807, 2.05) is 6.92 Å². The van der Waals surface area contributed by atoms with E-state index in [2.05, 4.69) is 0 Å². The third-order valence-electron chi connectivity index (χ3n) is 2.87. The topological polar surface area (TPSA) is 63.6 Å². The highest BCUT2D eigenvalue weighted by molar-refractivity contribution is 5.86. The summed E-state index contributed by atoms with van der Waals surface area (Å²) in [4.78, 5) is 22.7. The van der Waals surface area contributed by atoms with Crippen LogP contribution in [0.3, 0.4) is 0 Å². The molecule has 0 aromatic carbocycles. The van der Waals surface area contributed by atoms with Crippen LogP contribution in [0.2, 0.25) is 0 Å². The summed E-state index contributed by atoms with van der Waals surface area (Å²) in [5.74, 6) is -0.584. The van der Waals surface area contributed by atoms with Crippen LogP contribution in [0.1, 0.15) is 51.9 Å². The van der Waals surface area contributed by atoms with Crippen molar-refractivity contribution >= 4 is 11.8 Å². The minimum absolute atomic E-state index is 0.0630. The number of ether oxygens (including phenoxy) is 1. The van der Waals surface area contributed by atoms with Crippen molar-refractivity contribution in [1.82, 2.24) is 0 Å². The number of carbonyl (C=O) groups excluding carboxylic acids is 2. The number of Topliss-reactive ketones (excluding diaryl/α,β-unsaturated/α-hetero) is 1. The number of aliphatic hydroxyl groups excluding tert-OH is 1. The van der Waals surface area contributed by atoms with Gasteiger partial charge in [-0.3, -0.25) is 9.59 Å². The van der Waals surface area contributed by atoms with E-state index in [4.69, 9.17) is 4.74 Å². The molecule has 1 N–H and O–H groups in total. The average molecular weight is 228 g/mol. The van der Waals surface area contributed by atoms with Crippen LogP contribution >= 0.6 is 0 Å². The Balaban J connectivity index is 2.48. The van der Waals surface area contributed by atoms with E-state index < -0.39 is 6.10 Å². The van der Waals surface area contributed by atoms with Gasteiger partial charge >= 0.3 is 5.97 Å². The first-order valence-electron chi connectivity index (χ1n) is 6.00. The van der Waals surface area contributed by atoms with E-state index in [0.717, 1.165) is 25.7 Å². The number of aliphatic hydroxyl groups is 1. The standard InChI is InChI=1S/C12H20O4/c1-9-5-3-2-4-6-10(13)11(14)7-8-12(15)16-9/h9-10,13H,2-8H2,1H3/t9?,10-/m1/s1. The van der Waals surface area contributed by atoms with Gasteiger partial charge in [0.05, 0.1) is 12.5 Å². The summed E-state index contributed by atoms with van der Waals surface area (Å²) < 4.78 is 5.13. The summed E-state index contributed by atoms with van der Waals surface area (Å²) >= 11 is 0. The number of esters is 1. The minimum Gasteiger partial charge on any atom is -0.463 e. The fraction of sp³-hybridized carbons (Fsp3) is 0.833. The first-order valence-corrected chi connectivity index (χ1v) is 6.00. The van der Waals surface area contributed by atoms with Crippen molar-refractivity contribution < 1.29 is 19.4 Å². The van der Waals surface area contributed by atoms with Crippen molar-refractivity contribution in [3.8, 4) is 0 Å². The van der Waals surface area contributed by atoms with Gasteiger partial charge in [0.1, 0.15) is 6.10 Å². The quantitative estimate of drug-likeness (QED) is 0.639. The van der Waals surface area contributed by atoms with Crippen LogP contribution in [-0.4, -0.2) is 29.1 Å². The zero-order valence-corrected chi connectivity index (χ0v) is 9.78. The van der Waals surface area contributed by atoms with E-state index in [0.29, 0.717) is 6.42 Å². The molecule has 1 aliphatic rings. The molecule has 16 heavy (non-hydrogen) atoms. The Bertz CT molecular complexity index is 249. The second-order valence-electron chi connectivity index (χ2n) is 4.42. The fourth-order valence-corrected chi connectivity index (χ4v) is 1.84. The van der Waals surface area contributed by atoms with Gasteiger partial charge in [-0.05, 0) is 26.2 Å². The highest BCUT2D eigenvalue weighted by Crippen LogP contribution is 2.13. The van der Waals surface area contributed by atoms with Crippen molar-refractivity contribution in [1.29, 1.82) is 0 Å². The van der Waals surface area contributed by atoms with E-state index in [-0.39, 0.29) is 30.7 Å². The number of ketones is 1. The van der Waals surface area contributed by atoms with Gasteiger partial charge in [0.15, 0.2) is 5.78 Å². The maximum Gasteiger partial charge on any atom is 0.306 e. The molecule has 4 heteroatoms. The Morgan fingerprint density at radius 1 is 1.12 bits per heavy atom. The Morgan fingerprint density at radius 3 is 2.56 bits per heavy atom. The molecule has 2 atom stereocenters. The molecule has 0 amide bonds. The van der Waals surface area contributed by atoms with E-state index in [1.165, 1.54) is 0 Å². The molecule has 4 nitrogen and oxygen atoms in total. The van der Waals surface area contributed by atoms with Gasteiger partial charge < -0.3 is 9.84 Å². The van der Waals surface area contributed by atoms with Crippen LogP contribution in [0.25, 0.3) is 0 Å². The molecule has 0 aromatic rings. The molecule has 92 valence electrons. The van der Waals surface area contributed by atoms with Gasteiger partial charge in [-0.1, -0.05) is 12.8 Å². The van der Waals surface area contributed by atoms with Gasteiger partial charge in [0.25, 0.3) is 0 Å². The lowest BCUT2D eigenvalue weighted by molar-refractivity contribution is -0.150. The summed E-state index contributed by atoms with van der Waals surface area (Å²) in [5, 5.41) is 9.50. The van der Waals surface area contributed by atoms with Gasteiger partial charge in [0, 0.05) is 6.42 Å². The normalized spacial score (nSPS) is 30.1. The fourth-order valence-electron chi connectivity index (χ4n) is 1.84. The molecule has 1 fully saturated rings. The van der Waals surface area contributed by atoms with E-state index in [1.54, 1.807) is 0 Å². The minimum atomic E-state index is -0.898. The monoisotopic (exact) mass is 228 g/mol. The largest absolute Gasteiger partial charge is 0.463 e. The molecule has 1 saturated heterocycles. The van der Waals surface area contributed by atoms with Gasteiger partial charge in [-0.25, -0.2) is 0 Å². The maximum atomic E-state index is 11.4. The third-order valence-corrected chi connectivity index (χ3v) is 2.87. The number of hydrogen-bond acceptors (Lipinski definition) is 4. The molecule has 1 rings (SSSR count). The summed E-state index contributed by atoms with van der Waals surface area (Å²) in [7, 11) is 0. The van der Waals surface area contributed by atoms with Crippen LogP contribution in [0, 0.1) is 0 Å². The SMILES string of the molecule is CC1CCCCC[C@@H](O)C(=O)CCC(=O)O1. The molecule has 1 aliphatic heterocycles. The van der Waals surface area contributed by atoms with Crippen molar-refractivity contribution in [3.63, 3.8) is 0 Å². The number of carbonyl (C=O) groups is 2. The number of rotatable bonds is 0. The van der Waals surface area contributed by atoms with Crippen molar-refractivity contribution in [2.75, 3.05) is 0 Å². The van der Waals surface area contributed by atoms with Crippen LogP contribution in [0.5, 0.6) is 0 Å². The predicted octanol–water partition coefficient (Wildman–Crippen LogP) is 1.59. The lowest BCUT2D eigenvalue weighted by Gasteiger charge is -2.15. The summed E-state index contributed by atoms with van der Waals surface area (Å²) in [6, 6.07) is 0. The van der Waals surface area contributed by atoms with Crippen LogP contribution < -0.4 is 0 Å². The van der Waals surface area contributed by atoms with Crippen LogP contribution in [-0.2, 0) is 14.3 Å². The predicted molar refractivity (Wildman–Crippen MR) is 58.9 cm³/mol. The molecular formula is C12H20O4. The molecule has 1 heterocycles. The smallest absolute Gasteiger partial charge is 0.306 e. The highest BCUT2D eigenvalue weighted by atomic mass is 16.5. The molecule has 0 bridgehead atoms. The zero-order valence-electron chi connectivity index (χ0n) is 9.78. The Kier molecular flexibility index (Phi) is 5.46. The molecule has 0 spiro atoms.